The van der Waals surface area contributed by atoms with Crippen LogP contribution in [0.5, 0.6) is 0 Å². The number of amides is 1. The molecule has 0 radical (unpaired) electrons. The Balaban J connectivity index is 1.39. The average Bonchev–Trinajstić information content (AvgIpc) is 3.23. The largest absolute Gasteiger partial charge is 0.421 e. The van der Waals surface area contributed by atoms with E-state index in [2.05, 4.69) is 36.3 Å². The highest BCUT2D eigenvalue weighted by Crippen LogP contribution is 2.30. The van der Waals surface area contributed by atoms with Crippen LogP contribution < -0.4 is 10.2 Å². The van der Waals surface area contributed by atoms with E-state index < -0.39 is 0 Å². The Bertz CT molecular complexity index is 971. The zero-order valence-corrected chi connectivity index (χ0v) is 17.4. The molecule has 1 saturated heterocycles. The molecule has 7 nitrogen and oxygen atoms in total. The smallest absolute Gasteiger partial charge is 0.247 e. The Kier molecular flexibility index (Phi) is 6.21. The first kappa shape index (κ1) is 19.6. The second kappa shape index (κ2) is 9.19. The number of nitrogens with one attached hydrogen (secondary N) is 1. The number of morpholine rings is 1. The third-order valence-electron chi connectivity index (χ3n) is 4.64. The van der Waals surface area contributed by atoms with Crippen molar-refractivity contribution in [3.8, 4) is 11.5 Å². The number of anilines is 2. The fourth-order valence-electron chi connectivity index (χ4n) is 3.17. The third-order valence-corrected chi connectivity index (χ3v) is 5.13. The number of hydrogen-bond donors (Lipinski definition) is 1. The van der Waals surface area contributed by atoms with Crippen molar-refractivity contribution < 1.29 is 13.9 Å². The maximum absolute atomic E-state index is 12.5. The summed E-state index contributed by atoms with van der Waals surface area (Å²) in [5.74, 6) is 0.807. The van der Waals surface area contributed by atoms with Crippen LogP contribution in [-0.4, -0.2) is 42.4 Å². The molecule has 1 N–H and O–H groups in total. The minimum absolute atomic E-state index is 0.0999. The fraction of sp³-hybridized carbons (Fsp3) is 0.286. The van der Waals surface area contributed by atoms with Gasteiger partial charge in [0, 0.05) is 36.0 Å². The SMILES string of the molecule is O=C(CCc1nnc(-c2ccccc2)o1)Nc1cc(Br)ccc1N1CCOCC1. The predicted octanol–water partition coefficient (Wildman–Crippen LogP) is 3.91. The Morgan fingerprint density at radius 1 is 1.10 bits per heavy atom. The molecule has 150 valence electrons. The molecule has 29 heavy (non-hydrogen) atoms. The molecule has 1 aromatic heterocycles. The van der Waals surface area contributed by atoms with E-state index in [9.17, 15) is 4.79 Å². The maximum Gasteiger partial charge on any atom is 0.247 e. The average molecular weight is 457 g/mol. The summed E-state index contributed by atoms with van der Waals surface area (Å²) in [7, 11) is 0. The van der Waals surface area contributed by atoms with E-state index in [0.29, 0.717) is 31.4 Å². The first-order valence-corrected chi connectivity index (χ1v) is 10.3. The number of aryl methyl sites for hydroxylation is 1. The molecule has 2 heterocycles. The van der Waals surface area contributed by atoms with Crippen LogP contribution in [0.1, 0.15) is 12.3 Å². The summed E-state index contributed by atoms with van der Waals surface area (Å²) in [6.45, 7) is 2.97. The molecule has 2 aromatic carbocycles. The van der Waals surface area contributed by atoms with Gasteiger partial charge in [-0.15, -0.1) is 10.2 Å². The van der Waals surface area contributed by atoms with E-state index in [1.54, 1.807) is 0 Å². The summed E-state index contributed by atoms with van der Waals surface area (Å²) in [4.78, 5) is 14.8. The molecule has 8 heteroatoms. The molecular weight excluding hydrogens is 436 g/mol. The van der Waals surface area contributed by atoms with Crippen molar-refractivity contribution in [2.45, 2.75) is 12.8 Å². The number of halogens is 1. The van der Waals surface area contributed by atoms with Gasteiger partial charge in [0.15, 0.2) is 0 Å². The zero-order valence-electron chi connectivity index (χ0n) is 15.8. The topological polar surface area (TPSA) is 80.5 Å². The van der Waals surface area contributed by atoms with Crippen LogP contribution in [0, 0.1) is 0 Å². The molecule has 0 unspecified atom stereocenters. The predicted molar refractivity (Wildman–Crippen MR) is 114 cm³/mol. The van der Waals surface area contributed by atoms with Crippen LogP contribution in [0.2, 0.25) is 0 Å². The summed E-state index contributed by atoms with van der Waals surface area (Å²) in [6.07, 6.45) is 0.637. The van der Waals surface area contributed by atoms with Crippen molar-refractivity contribution >= 4 is 33.2 Å². The Labute approximate surface area is 177 Å². The molecule has 0 aliphatic carbocycles. The van der Waals surface area contributed by atoms with E-state index >= 15 is 0 Å². The summed E-state index contributed by atoms with van der Waals surface area (Å²) in [5.41, 5.74) is 2.63. The molecule has 1 aliphatic rings. The molecule has 0 atom stereocenters. The van der Waals surface area contributed by atoms with Gasteiger partial charge in [-0.25, -0.2) is 0 Å². The van der Waals surface area contributed by atoms with E-state index in [0.717, 1.165) is 34.5 Å². The molecule has 1 fully saturated rings. The van der Waals surface area contributed by atoms with Crippen molar-refractivity contribution in [1.29, 1.82) is 0 Å². The van der Waals surface area contributed by atoms with Gasteiger partial charge in [-0.3, -0.25) is 4.79 Å². The van der Waals surface area contributed by atoms with Crippen molar-refractivity contribution in [1.82, 2.24) is 10.2 Å². The highest BCUT2D eigenvalue weighted by molar-refractivity contribution is 9.10. The van der Waals surface area contributed by atoms with Gasteiger partial charge in [0.2, 0.25) is 17.7 Å². The minimum atomic E-state index is -0.0999. The van der Waals surface area contributed by atoms with Crippen LogP contribution in [0.25, 0.3) is 11.5 Å². The number of nitrogens with zero attached hydrogens (tertiary/aromatic N) is 3. The van der Waals surface area contributed by atoms with Crippen molar-refractivity contribution in [2.24, 2.45) is 0 Å². The molecule has 4 rings (SSSR count). The summed E-state index contributed by atoms with van der Waals surface area (Å²) in [5, 5.41) is 11.1. The lowest BCUT2D eigenvalue weighted by Crippen LogP contribution is -2.36. The highest BCUT2D eigenvalue weighted by Gasteiger charge is 2.17. The van der Waals surface area contributed by atoms with Gasteiger partial charge in [-0.1, -0.05) is 34.1 Å². The number of carbonyl (C=O) groups excluding carboxylic acids is 1. The van der Waals surface area contributed by atoms with Gasteiger partial charge in [0.1, 0.15) is 0 Å². The highest BCUT2D eigenvalue weighted by atomic mass is 79.9. The Morgan fingerprint density at radius 2 is 1.90 bits per heavy atom. The lowest BCUT2D eigenvalue weighted by Gasteiger charge is -2.30. The normalized spacial score (nSPS) is 14.0. The van der Waals surface area contributed by atoms with Gasteiger partial charge in [-0.05, 0) is 30.3 Å². The van der Waals surface area contributed by atoms with Crippen molar-refractivity contribution in [3.05, 3.63) is 58.9 Å². The summed E-state index contributed by atoms with van der Waals surface area (Å²) in [6, 6.07) is 15.5. The van der Waals surface area contributed by atoms with Crippen LogP contribution >= 0.6 is 15.9 Å². The number of rotatable bonds is 6. The van der Waals surface area contributed by atoms with Gasteiger partial charge < -0.3 is 19.4 Å². The first-order chi connectivity index (χ1) is 14.2. The number of hydrogen-bond acceptors (Lipinski definition) is 6. The lowest BCUT2D eigenvalue weighted by atomic mass is 10.2. The van der Waals surface area contributed by atoms with E-state index in [1.807, 2.05) is 48.5 Å². The zero-order chi connectivity index (χ0) is 20.1. The van der Waals surface area contributed by atoms with Crippen LogP contribution in [0.3, 0.4) is 0 Å². The lowest BCUT2D eigenvalue weighted by molar-refractivity contribution is -0.116. The van der Waals surface area contributed by atoms with Gasteiger partial charge in [0.05, 0.1) is 24.6 Å². The summed E-state index contributed by atoms with van der Waals surface area (Å²) >= 11 is 3.48. The van der Waals surface area contributed by atoms with E-state index in [-0.39, 0.29) is 12.3 Å². The fourth-order valence-corrected chi connectivity index (χ4v) is 3.53. The molecule has 1 amide bonds. The summed E-state index contributed by atoms with van der Waals surface area (Å²) < 4.78 is 12.0. The van der Waals surface area contributed by atoms with Gasteiger partial charge >= 0.3 is 0 Å². The quantitative estimate of drug-likeness (QED) is 0.605. The first-order valence-electron chi connectivity index (χ1n) is 9.49. The number of carbonyl (C=O) groups is 1. The number of aromatic nitrogens is 2. The molecule has 0 bridgehead atoms. The standard InChI is InChI=1S/C21H21BrN4O3/c22-16-6-7-18(26-10-12-28-13-11-26)17(14-16)23-19(27)8-9-20-24-25-21(29-20)15-4-2-1-3-5-15/h1-7,14H,8-13H2,(H,23,27). The van der Waals surface area contributed by atoms with Crippen LogP contribution in [0.4, 0.5) is 11.4 Å². The Morgan fingerprint density at radius 3 is 2.69 bits per heavy atom. The molecule has 0 saturated carbocycles. The van der Waals surface area contributed by atoms with E-state index in [1.165, 1.54) is 0 Å². The number of benzene rings is 2. The minimum Gasteiger partial charge on any atom is -0.421 e. The van der Waals surface area contributed by atoms with Gasteiger partial charge in [-0.2, -0.15) is 0 Å². The van der Waals surface area contributed by atoms with Crippen LogP contribution in [-0.2, 0) is 16.0 Å². The third kappa shape index (κ3) is 5.02. The molecular formula is C21H21BrN4O3. The molecule has 1 aliphatic heterocycles. The maximum atomic E-state index is 12.5. The molecule has 0 spiro atoms. The van der Waals surface area contributed by atoms with Crippen molar-refractivity contribution in [2.75, 3.05) is 36.5 Å². The second-order valence-corrected chi connectivity index (χ2v) is 7.59. The monoisotopic (exact) mass is 456 g/mol. The van der Waals surface area contributed by atoms with Gasteiger partial charge in [0.25, 0.3) is 0 Å². The Hall–Kier alpha value is -2.71. The molecule has 3 aromatic rings. The second-order valence-electron chi connectivity index (χ2n) is 6.68. The van der Waals surface area contributed by atoms with Crippen LogP contribution in [0.15, 0.2) is 57.4 Å². The van der Waals surface area contributed by atoms with Crippen molar-refractivity contribution in [3.63, 3.8) is 0 Å². The number of ether oxygens (including phenoxy) is 1. The van der Waals surface area contributed by atoms with E-state index in [4.69, 9.17) is 9.15 Å².